The third-order valence-electron chi connectivity index (χ3n) is 15.3. The normalized spacial score (nSPS) is 12.4. The van der Waals surface area contributed by atoms with Gasteiger partial charge in [-0.2, -0.15) is 0 Å². The topological polar surface area (TPSA) is 78.9 Å². The first-order valence-corrected chi connectivity index (χ1v) is 34.3. The van der Waals surface area contributed by atoms with Crippen LogP contribution in [0.4, 0.5) is 0 Å². The molecule has 0 N–H and O–H groups in total. The molecule has 0 aromatic rings. The van der Waals surface area contributed by atoms with Crippen molar-refractivity contribution >= 4 is 17.9 Å². The number of rotatable bonds is 63. The van der Waals surface area contributed by atoms with Gasteiger partial charge in [0.05, 0.1) is 0 Å². The van der Waals surface area contributed by atoms with Crippen molar-refractivity contribution in [1.82, 2.24) is 0 Å². The van der Waals surface area contributed by atoms with E-state index in [-0.39, 0.29) is 31.1 Å². The average Bonchev–Trinajstić information content (AvgIpc) is 3.44. The molecule has 1 unspecified atom stereocenters. The predicted molar refractivity (Wildman–Crippen MR) is 339 cm³/mol. The molecule has 0 radical (unpaired) electrons. The van der Waals surface area contributed by atoms with Crippen LogP contribution in [0.2, 0.25) is 0 Å². The van der Waals surface area contributed by atoms with Crippen LogP contribution in [0.3, 0.4) is 0 Å². The smallest absolute Gasteiger partial charge is 0.306 e. The SMILES string of the molecule is CC/C=C\C/C=C\C/C=C\C/C=C\C/C=C\CCCCCCCCCCCCCCCCCCCC(=O)OCC(COC(=O)CCCCCCCC)OC(=O)CCCCCCCCCCCCCCCCCCCCCCC. The van der Waals surface area contributed by atoms with E-state index in [2.05, 4.69) is 81.5 Å². The van der Waals surface area contributed by atoms with E-state index in [0.717, 1.165) is 89.9 Å². The largest absolute Gasteiger partial charge is 0.462 e. The van der Waals surface area contributed by atoms with Gasteiger partial charge in [-0.05, 0) is 64.2 Å². The molecule has 0 saturated carbocycles. The summed E-state index contributed by atoms with van der Waals surface area (Å²) in [5.41, 5.74) is 0. The zero-order valence-electron chi connectivity index (χ0n) is 52.2. The maximum absolute atomic E-state index is 12.9. The Morgan fingerprint density at radius 3 is 0.782 bits per heavy atom. The van der Waals surface area contributed by atoms with Gasteiger partial charge in [0.1, 0.15) is 13.2 Å². The van der Waals surface area contributed by atoms with E-state index in [4.69, 9.17) is 14.2 Å². The molecule has 0 heterocycles. The van der Waals surface area contributed by atoms with Gasteiger partial charge in [0.25, 0.3) is 0 Å². The monoisotopic (exact) mass is 1090 g/mol. The van der Waals surface area contributed by atoms with Crippen LogP contribution in [0.1, 0.15) is 361 Å². The lowest BCUT2D eigenvalue weighted by Crippen LogP contribution is -2.30. The van der Waals surface area contributed by atoms with Crippen LogP contribution in [0.15, 0.2) is 60.8 Å². The Morgan fingerprint density at radius 1 is 0.269 bits per heavy atom. The Kier molecular flexibility index (Phi) is 64.2. The fourth-order valence-electron chi connectivity index (χ4n) is 10.2. The van der Waals surface area contributed by atoms with E-state index >= 15 is 0 Å². The molecule has 0 spiro atoms. The van der Waals surface area contributed by atoms with Crippen LogP contribution >= 0.6 is 0 Å². The molecule has 0 aromatic heterocycles. The summed E-state index contributed by atoms with van der Waals surface area (Å²) in [5.74, 6) is -0.854. The highest BCUT2D eigenvalue weighted by Crippen LogP contribution is 2.18. The Hall–Kier alpha value is -2.89. The van der Waals surface area contributed by atoms with Crippen LogP contribution in [0.5, 0.6) is 0 Å². The van der Waals surface area contributed by atoms with Crippen LogP contribution < -0.4 is 0 Å². The third-order valence-corrected chi connectivity index (χ3v) is 15.3. The Balaban J connectivity index is 3.97. The molecule has 6 nitrogen and oxygen atoms in total. The molecule has 6 heteroatoms. The quantitative estimate of drug-likeness (QED) is 0.0261. The molecule has 0 aliphatic carbocycles. The summed E-state index contributed by atoms with van der Waals surface area (Å²) in [7, 11) is 0. The first-order valence-electron chi connectivity index (χ1n) is 34.3. The lowest BCUT2D eigenvalue weighted by atomic mass is 10.0. The van der Waals surface area contributed by atoms with Crippen molar-refractivity contribution in [1.29, 1.82) is 0 Å². The van der Waals surface area contributed by atoms with Crippen molar-refractivity contribution in [2.24, 2.45) is 0 Å². The minimum atomic E-state index is -0.767. The van der Waals surface area contributed by atoms with Crippen molar-refractivity contribution in [3.8, 4) is 0 Å². The summed E-state index contributed by atoms with van der Waals surface area (Å²) >= 11 is 0. The standard InChI is InChI=1S/C72H130O6/c1-4-7-10-13-16-18-20-22-24-26-28-30-31-32-33-34-35-36-37-38-39-40-41-43-44-46-48-50-52-54-56-59-62-65-71(74)77-68-69(67-76-70(73)64-61-58-15-12-9-6-3)78-72(75)66-63-60-57-55-53-51-49-47-45-42-29-27-25-23-21-19-17-14-11-8-5-2/h7,10,16,18,22,24,28,30,32-33,69H,4-6,8-9,11-15,17,19-21,23,25-27,29,31,34-68H2,1-3H3/b10-7-,18-16-,24-22-,30-28-,33-32-. The highest BCUT2D eigenvalue weighted by Gasteiger charge is 2.19. The summed E-state index contributed by atoms with van der Waals surface area (Å²) in [6.07, 6.45) is 85.8. The second-order valence-corrected chi connectivity index (χ2v) is 23.1. The number of ether oxygens (including phenoxy) is 3. The molecule has 0 amide bonds. The summed E-state index contributed by atoms with van der Waals surface area (Å²) in [6.45, 7) is 6.52. The van der Waals surface area contributed by atoms with Crippen molar-refractivity contribution < 1.29 is 28.6 Å². The van der Waals surface area contributed by atoms with Crippen LogP contribution in [0, 0.1) is 0 Å². The molecular formula is C72H130O6. The van der Waals surface area contributed by atoms with E-state index in [1.807, 2.05) is 0 Å². The maximum Gasteiger partial charge on any atom is 0.306 e. The van der Waals surface area contributed by atoms with Crippen LogP contribution in [-0.2, 0) is 28.6 Å². The minimum Gasteiger partial charge on any atom is -0.462 e. The fraction of sp³-hybridized carbons (Fsp3) is 0.819. The zero-order chi connectivity index (χ0) is 56.4. The molecule has 0 fully saturated rings. The van der Waals surface area contributed by atoms with Crippen molar-refractivity contribution in [3.63, 3.8) is 0 Å². The first-order chi connectivity index (χ1) is 38.5. The molecule has 0 aromatic carbocycles. The number of carbonyl (C=O) groups is 3. The van der Waals surface area contributed by atoms with Crippen molar-refractivity contribution in [2.75, 3.05) is 13.2 Å². The summed E-state index contributed by atoms with van der Waals surface area (Å²) in [4.78, 5) is 38.1. The highest BCUT2D eigenvalue weighted by molar-refractivity contribution is 5.71. The lowest BCUT2D eigenvalue weighted by molar-refractivity contribution is -0.167. The van der Waals surface area contributed by atoms with E-state index in [1.165, 1.54) is 231 Å². The first kappa shape index (κ1) is 75.1. The van der Waals surface area contributed by atoms with Gasteiger partial charge in [-0.3, -0.25) is 14.4 Å². The van der Waals surface area contributed by atoms with E-state index in [0.29, 0.717) is 19.3 Å². The number of allylic oxidation sites excluding steroid dienone is 10. The van der Waals surface area contributed by atoms with Crippen LogP contribution in [-0.4, -0.2) is 37.2 Å². The second kappa shape index (κ2) is 66.6. The van der Waals surface area contributed by atoms with Gasteiger partial charge in [0, 0.05) is 19.3 Å². The minimum absolute atomic E-state index is 0.0678. The molecule has 0 aliphatic rings. The third kappa shape index (κ3) is 63.9. The summed E-state index contributed by atoms with van der Waals surface area (Å²) in [6, 6.07) is 0. The van der Waals surface area contributed by atoms with Gasteiger partial charge in [0.15, 0.2) is 6.10 Å². The molecule has 0 bridgehead atoms. The molecular weight excluding hydrogens is 961 g/mol. The van der Waals surface area contributed by atoms with Gasteiger partial charge >= 0.3 is 17.9 Å². The Labute approximate surface area is 485 Å². The molecule has 0 saturated heterocycles. The van der Waals surface area contributed by atoms with E-state index in [1.54, 1.807) is 0 Å². The molecule has 454 valence electrons. The highest BCUT2D eigenvalue weighted by atomic mass is 16.6. The van der Waals surface area contributed by atoms with Gasteiger partial charge in [-0.1, -0.05) is 338 Å². The fourth-order valence-corrected chi connectivity index (χ4v) is 10.2. The van der Waals surface area contributed by atoms with Gasteiger partial charge in [-0.25, -0.2) is 0 Å². The predicted octanol–water partition coefficient (Wildman–Crippen LogP) is 23.5. The number of hydrogen-bond acceptors (Lipinski definition) is 6. The molecule has 1 atom stereocenters. The molecule has 0 aliphatic heterocycles. The lowest BCUT2D eigenvalue weighted by Gasteiger charge is -2.18. The zero-order valence-corrected chi connectivity index (χ0v) is 52.2. The summed E-state index contributed by atoms with van der Waals surface area (Å²) < 4.78 is 16.8. The maximum atomic E-state index is 12.9. The van der Waals surface area contributed by atoms with E-state index in [9.17, 15) is 14.4 Å². The summed E-state index contributed by atoms with van der Waals surface area (Å²) in [5, 5.41) is 0. The Morgan fingerprint density at radius 2 is 0.500 bits per heavy atom. The van der Waals surface area contributed by atoms with Gasteiger partial charge < -0.3 is 14.2 Å². The van der Waals surface area contributed by atoms with Gasteiger partial charge in [-0.15, -0.1) is 0 Å². The second-order valence-electron chi connectivity index (χ2n) is 23.1. The average molecular weight is 1090 g/mol. The number of carbonyl (C=O) groups excluding carboxylic acids is 3. The van der Waals surface area contributed by atoms with E-state index < -0.39 is 6.10 Å². The number of hydrogen-bond donors (Lipinski definition) is 0. The molecule has 0 rings (SSSR count). The number of unbranched alkanes of at least 4 members (excludes halogenated alkanes) is 42. The molecule has 78 heavy (non-hydrogen) atoms. The van der Waals surface area contributed by atoms with Gasteiger partial charge in [0.2, 0.25) is 0 Å². The van der Waals surface area contributed by atoms with Crippen LogP contribution in [0.25, 0.3) is 0 Å². The van der Waals surface area contributed by atoms with Crippen molar-refractivity contribution in [2.45, 2.75) is 367 Å². The number of esters is 3. The Bertz CT molecular complexity index is 1390. The van der Waals surface area contributed by atoms with Crippen molar-refractivity contribution in [3.05, 3.63) is 60.8 Å².